The molecule has 31 heavy (non-hydrogen) atoms. The van der Waals surface area contributed by atoms with Crippen LogP contribution in [0.25, 0.3) is 0 Å². The van der Waals surface area contributed by atoms with Gasteiger partial charge in [-0.15, -0.1) is 0 Å². The molecule has 0 unspecified atom stereocenters. The van der Waals surface area contributed by atoms with Gasteiger partial charge in [-0.1, -0.05) is 0 Å². The maximum absolute atomic E-state index is 12.9. The standard InChI is InChI=1S/C17H26N4O3.C2HF3O2/c1-19-10-11-21(9-6-18)16(23)17(19)4-7-20(8-5-17)15(22)14-2-12-24-13-3-14;3-2(4,5)1(6)7/h14H,2-5,7-13H2,1H3;(H,6,7). The topological polar surface area (TPSA) is 114 Å². The fourth-order valence-electron chi connectivity index (χ4n) is 4.18. The number of carbonyl (C=O) groups is 3. The van der Waals surface area contributed by atoms with E-state index in [2.05, 4.69) is 11.0 Å². The highest BCUT2D eigenvalue weighted by molar-refractivity contribution is 5.88. The predicted molar refractivity (Wildman–Crippen MR) is 101 cm³/mol. The molecule has 3 saturated heterocycles. The molecule has 0 atom stereocenters. The van der Waals surface area contributed by atoms with Crippen molar-refractivity contribution in [2.75, 3.05) is 53.0 Å². The third kappa shape index (κ3) is 5.86. The molecule has 3 rings (SSSR count). The SMILES string of the molecule is CN1CCN(CC#N)C(=O)C12CCN(C(=O)C1CCOCC1)CC2.O=C(O)C(F)(F)F. The van der Waals surface area contributed by atoms with Crippen LogP contribution in [0.1, 0.15) is 25.7 Å². The number of piperidine rings is 1. The number of piperazine rings is 1. The van der Waals surface area contributed by atoms with Crippen molar-refractivity contribution < 1.29 is 37.4 Å². The van der Waals surface area contributed by atoms with Crippen molar-refractivity contribution in [2.24, 2.45) is 5.92 Å². The van der Waals surface area contributed by atoms with E-state index < -0.39 is 17.7 Å². The number of nitriles is 1. The Labute approximate surface area is 178 Å². The second-order valence-electron chi connectivity index (χ2n) is 7.85. The van der Waals surface area contributed by atoms with Gasteiger partial charge in [0.05, 0.1) is 6.07 Å². The molecule has 3 aliphatic rings. The van der Waals surface area contributed by atoms with Crippen LogP contribution >= 0.6 is 0 Å². The summed E-state index contributed by atoms with van der Waals surface area (Å²) in [7, 11) is 1.98. The van der Waals surface area contributed by atoms with E-state index in [0.717, 1.165) is 19.4 Å². The van der Waals surface area contributed by atoms with E-state index >= 15 is 0 Å². The second-order valence-corrected chi connectivity index (χ2v) is 7.85. The minimum absolute atomic E-state index is 0.0518. The molecule has 0 aromatic carbocycles. The van der Waals surface area contributed by atoms with Crippen LogP contribution in [0.5, 0.6) is 0 Å². The Balaban J connectivity index is 0.000000423. The molecule has 9 nitrogen and oxygen atoms in total. The van der Waals surface area contributed by atoms with E-state index in [1.165, 1.54) is 0 Å². The molecule has 3 fully saturated rings. The summed E-state index contributed by atoms with van der Waals surface area (Å²) in [6.07, 6.45) is -2.18. The van der Waals surface area contributed by atoms with E-state index in [-0.39, 0.29) is 24.3 Å². The smallest absolute Gasteiger partial charge is 0.475 e. The minimum Gasteiger partial charge on any atom is -0.475 e. The van der Waals surface area contributed by atoms with E-state index in [1.54, 1.807) is 4.90 Å². The summed E-state index contributed by atoms with van der Waals surface area (Å²) in [6, 6.07) is 2.08. The molecule has 0 bridgehead atoms. The summed E-state index contributed by atoms with van der Waals surface area (Å²) in [4.78, 5) is 40.2. The van der Waals surface area contributed by atoms with Crippen molar-refractivity contribution in [1.29, 1.82) is 5.26 Å². The van der Waals surface area contributed by atoms with Crippen molar-refractivity contribution in [3.63, 3.8) is 0 Å². The summed E-state index contributed by atoms with van der Waals surface area (Å²) in [5.74, 6) is -2.42. The number of halogens is 3. The van der Waals surface area contributed by atoms with Crippen LogP contribution in [-0.4, -0.2) is 102 Å². The van der Waals surface area contributed by atoms with Gasteiger partial charge < -0.3 is 19.6 Å². The van der Waals surface area contributed by atoms with Gasteiger partial charge >= 0.3 is 12.1 Å². The molecule has 2 amide bonds. The number of likely N-dealkylation sites (N-methyl/N-ethyl adjacent to an activating group) is 1. The van der Waals surface area contributed by atoms with Crippen molar-refractivity contribution in [2.45, 2.75) is 37.4 Å². The summed E-state index contributed by atoms with van der Waals surface area (Å²) in [6.45, 7) is 4.10. The molecular weight excluding hydrogens is 421 g/mol. The van der Waals surface area contributed by atoms with Gasteiger partial charge in [-0.05, 0) is 32.7 Å². The molecule has 1 N–H and O–H groups in total. The van der Waals surface area contributed by atoms with Gasteiger partial charge in [-0.3, -0.25) is 14.5 Å². The fourth-order valence-corrected chi connectivity index (χ4v) is 4.18. The van der Waals surface area contributed by atoms with Crippen molar-refractivity contribution in [3.8, 4) is 6.07 Å². The van der Waals surface area contributed by atoms with E-state index in [4.69, 9.17) is 19.9 Å². The number of rotatable bonds is 2. The lowest BCUT2D eigenvalue weighted by Gasteiger charge is -2.51. The molecule has 0 radical (unpaired) electrons. The number of carboxylic acid groups (broad SMARTS) is 1. The number of amides is 2. The number of hydrogen-bond donors (Lipinski definition) is 1. The summed E-state index contributed by atoms with van der Waals surface area (Å²) in [5.41, 5.74) is -0.540. The van der Waals surface area contributed by atoms with Crippen molar-refractivity contribution >= 4 is 17.8 Å². The lowest BCUT2D eigenvalue weighted by molar-refractivity contribution is -0.192. The van der Waals surface area contributed by atoms with Gasteiger partial charge in [0.1, 0.15) is 12.1 Å². The molecule has 0 aliphatic carbocycles. The average Bonchev–Trinajstić information content (AvgIpc) is 2.75. The number of carboxylic acids is 1. The molecular formula is C19H27F3N4O5. The predicted octanol–water partition coefficient (Wildman–Crippen LogP) is 0.705. The molecule has 1 spiro atoms. The van der Waals surface area contributed by atoms with Gasteiger partial charge in [-0.25, -0.2) is 4.79 Å². The normalized spacial score (nSPS) is 22.5. The first-order valence-corrected chi connectivity index (χ1v) is 10.1. The minimum atomic E-state index is -5.08. The third-order valence-electron chi connectivity index (χ3n) is 6.10. The fraction of sp³-hybridized carbons (Fsp3) is 0.789. The molecule has 0 aromatic heterocycles. The Morgan fingerprint density at radius 3 is 2.23 bits per heavy atom. The van der Waals surface area contributed by atoms with Crippen LogP contribution in [0.2, 0.25) is 0 Å². The highest BCUT2D eigenvalue weighted by Gasteiger charge is 2.50. The Bertz CT molecular complexity index is 710. The van der Waals surface area contributed by atoms with E-state index in [1.807, 2.05) is 11.9 Å². The number of likely N-dealkylation sites (tertiary alicyclic amines) is 1. The maximum atomic E-state index is 12.9. The van der Waals surface area contributed by atoms with E-state index in [9.17, 15) is 22.8 Å². The second kappa shape index (κ2) is 10.3. The molecule has 174 valence electrons. The molecule has 3 aliphatic heterocycles. The number of nitrogens with zero attached hydrogens (tertiary/aromatic N) is 4. The number of aliphatic carboxylic acids is 1. The Morgan fingerprint density at radius 1 is 1.19 bits per heavy atom. The molecule has 0 aromatic rings. The first-order chi connectivity index (χ1) is 14.5. The van der Waals surface area contributed by atoms with Crippen LogP contribution in [-0.2, 0) is 19.1 Å². The highest BCUT2D eigenvalue weighted by atomic mass is 19.4. The van der Waals surface area contributed by atoms with Crippen LogP contribution in [0.4, 0.5) is 13.2 Å². The summed E-state index contributed by atoms with van der Waals surface area (Å²) >= 11 is 0. The van der Waals surface area contributed by atoms with Gasteiger partial charge in [0, 0.05) is 45.3 Å². The third-order valence-corrected chi connectivity index (χ3v) is 6.10. The van der Waals surface area contributed by atoms with Crippen molar-refractivity contribution in [1.82, 2.24) is 14.7 Å². The van der Waals surface area contributed by atoms with Crippen molar-refractivity contribution in [3.05, 3.63) is 0 Å². The Morgan fingerprint density at radius 2 is 1.74 bits per heavy atom. The van der Waals surface area contributed by atoms with Crippen LogP contribution in [0.3, 0.4) is 0 Å². The van der Waals surface area contributed by atoms with Gasteiger partial charge in [-0.2, -0.15) is 18.4 Å². The molecule has 3 heterocycles. The first kappa shape index (κ1) is 24.9. The molecule has 12 heteroatoms. The number of alkyl halides is 3. The number of hydrogen-bond acceptors (Lipinski definition) is 6. The largest absolute Gasteiger partial charge is 0.490 e. The Kier molecular flexibility index (Phi) is 8.25. The highest BCUT2D eigenvalue weighted by Crippen LogP contribution is 2.33. The quantitative estimate of drug-likeness (QED) is 0.619. The van der Waals surface area contributed by atoms with Crippen LogP contribution < -0.4 is 0 Å². The number of ether oxygens (including phenoxy) is 1. The monoisotopic (exact) mass is 448 g/mol. The van der Waals surface area contributed by atoms with Crippen LogP contribution in [0, 0.1) is 17.2 Å². The number of carbonyl (C=O) groups excluding carboxylic acids is 2. The average molecular weight is 448 g/mol. The maximum Gasteiger partial charge on any atom is 0.490 e. The Hall–Kier alpha value is -2.39. The zero-order chi connectivity index (χ0) is 23.2. The summed E-state index contributed by atoms with van der Waals surface area (Å²) in [5, 5.41) is 16.1. The van der Waals surface area contributed by atoms with Crippen LogP contribution in [0.15, 0.2) is 0 Å². The zero-order valence-corrected chi connectivity index (χ0v) is 17.4. The summed E-state index contributed by atoms with van der Waals surface area (Å²) < 4.78 is 37.1. The zero-order valence-electron chi connectivity index (χ0n) is 17.4. The van der Waals surface area contributed by atoms with Gasteiger partial charge in [0.2, 0.25) is 11.8 Å². The molecule has 0 saturated carbocycles. The lowest BCUT2D eigenvalue weighted by Crippen LogP contribution is -2.68. The van der Waals surface area contributed by atoms with Gasteiger partial charge in [0.25, 0.3) is 0 Å². The lowest BCUT2D eigenvalue weighted by atomic mass is 9.82. The van der Waals surface area contributed by atoms with Gasteiger partial charge in [0.15, 0.2) is 0 Å². The van der Waals surface area contributed by atoms with E-state index in [0.29, 0.717) is 45.7 Å². The first-order valence-electron chi connectivity index (χ1n) is 10.1.